The molecule has 4 atom stereocenters. The summed E-state index contributed by atoms with van der Waals surface area (Å²) in [5.41, 5.74) is 16.2. The number of primary amides is 1. The molecule has 0 spiro atoms. The van der Waals surface area contributed by atoms with Gasteiger partial charge in [-0.05, 0) is 51.5 Å². The molecule has 0 aromatic carbocycles. The van der Waals surface area contributed by atoms with E-state index in [1.807, 2.05) is 13.8 Å². The minimum Gasteiger partial charge on any atom is -0.480 e. The summed E-state index contributed by atoms with van der Waals surface area (Å²) >= 11 is 0. The maximum atomic E-state index is 12.7. The summed E-state index contributed by atoms with van der Waals surface area (Å²) in [6, 6.07) is -4.11. The number of hydrogen-bond acceptors (Lipinski definition) is 7. The van der Waals surface area contributed by atoms with Gasteiger partial charge in [-0.25, -0.2) is 4.79 Å². The molecule has 0 bridgehead atoms. The molecule has 0 radical (unpaired) electrons. The van der Waals surface area contributed by atoms with Crippen LogP contribution >= 0.6 is 0 Å². The summed E-state index contributed by atoms with van der Waals surface area (Å²) in [6.07, 6.45) is 1.64. The van der Waals surface area contributed by atoms with Gasteiger partial charge in [0.05, 0.1) is 6.04 Å². The van der Waals surface area contributed by atoms with E-state index in [0.717, 1.165) is 0 Å². The van der Waals surface area contributed by atoms with E-state index < -0.39 is 53.8 Å². The molecule has 0 fully saturated rings. The van der Waals surface area contributed by atoms with E-state index >= 15 is 0 Å². The summed E-state index contributed by atoms with van der Waals surface area (Å²) in [4.78, 5) is 59.6. The molecule has 0 aliphatic carbocycles. The molecule has 0 heterocycles. The van der Waals surface area contributed by atoms with Crippen molar-refractivity contribution < 1.29 is 29.1 Å². The van der Waals surface area contributed by atoms with E-state index in [1.54, 1.807) is 0 Å². The molecule has 184 valence electrons. The largest absolute Gasteiger partial charge is 0.480 e. The van der Waals surface area contributed by atoms with Gasteiger partial charge in [-0.2, -0.15) is 0 Å². The molecule has 0 saturated heterocycles. The second kappa shape index (κ2) is 15.1. The Kier molecular flexibility index (Phi) is 13.8. The first-order valence-electron chi connectivity index (χ1n) is 10.8. The third-order valence-corrected chi connectivity index (χ3v) is 4.69. The van der Waals surface area contributed by atoms with E-state index in [-0.39, 0.29) is 31.6 Å². The van der Waals surface area contributed by atoms with Crippen LogP contribution in [0.2, 0.25) is 0 Å². The van der Waals surface area contributed by atoms with Crippen LogP contribution in [0.1, 0.15) is 59.3 Å². The van der Waals surface area contributed by atoms with Gasteiger partial charge in [0.2, 0.25) is 23.6 Å². The van der Waals surface area contributed by atoms with Crippen molar-refractivity contribution >= 4 is 29.6 Å². The molecule has 0 saturated carbocycles. The van der Waals surface area contributed by atoms with Crippen molar-refractivity contribution in [2.75, 3.05) is 6.54 Å². The summed E-state index contributed by atoms with van der Waals surface area (Å²) < 4.78 is 0. The molecule has 32 heavy (non-hydrogen) atoms. The van der Waals surface area contributed by atoms with Crippen LogP contribution in [0.15, 0.2) is 0 Å². The van der Waals surface area contributed by atoms with Gasteiger partial charge in [-0.15, -0.1) is 0 Å². The Bertz CT molecular complexity index is 656. The van der Waals surface area contributed by atoms with Gasteiger partial charge in [-0.1, -0.05) is 13.8 Å². The summed E-state index contributed by atoms with van der Waals surface area (Å²) in [7, 11) is 0. The summed E-state index contributed by atoms with van der Waals surface area (Å²) in [5.74, 6) is -3.61. The fourth-order valence-electron chi connectivity index (χ4n) is 2.84. The molecular formula is C20H38N6O6. The van der Waals surface area contributed by atoms with Crippen LogP contribution in [0.5, 0.6) is 0 Å². The normalized spacial score (nSPS) is 14.7. The Morgan fingerprint density at radius 3 is 1.94 bits per heavy atom. The number of amides is 4. The molecule has 0 aromatic rings. The summed E-state index contributed by atoms with van der Waals surface area (Å²) in [5, 5.41) is 16.7. The van der Waals surface area contributed by atoms with Gasteiger partial charge in [0.15, 0.2) is 0 Å². The Balaban J connectivity index is 5.00. The zero-order chi connectivity index (χ0) is 24.8. The average molecular weight is 459 g/mol. The Hall–Kier alpha value is -2.73. The monoisotopic (exact) mass is 458 g/mol. The topological polar surface area (TPSA) is 220 Å². The second-order valence-electron chi connectivity index (χ2n) is 8.22. The lowest BCUT2D eigenvalue weighted by Crippen LogP contribution is -2.56. The lowest BCUT2D eigenvalue weighted by atomic mass is 10.0. The van der Waals surface area contributed by atoms with Crippen molar-refractivity contribution in [3.8, 4) is 0 Å². The highest BCUT2D eigenvalue weighted by molar-refractivity contribution is 5.94. The maximum absolute atomic E-state index is 12.7. The quantitative estimate of drug-likeness (QED) is 0.132. The number of carboxylic acid groups (broad SMARTS) is 1. The number of carbonyl (C=O) groups is 5. The third-order valence-electron chi connectivity index (χ3n) is 4.69. The fraction of sp³-hybridized carbons (Fsp3) is 0.750. The van der Waals surface area contributed by atoms with Gasteiger partial charge < -0.3 is 38.3 Å². The standard InChI is InChI=1S/C20H38N6O6/c1-11(2)10-15(26-18(29)13(22)7-8-16(23)27)19(30)24-12(3)17(28)25-14(20(31)32)6-4-5-9-21/h11-15H,4-10,21-22H2,1-3H3,(H2,23,27)(H,24,30)(H,25,28)(H,26,29)(H,31,32). The molecule has 4 unspecified atom stereocenters. The van der Waals surface area contributed by atoms with Crippen LogP contribution in [0.25, 0.3) is 0 Å². The smallest absolute Gasteiger partial charge is 0.326 e. The van der Waals surface area contributed by atoms with E-state index in [2.05, 4.69) is 16.0 Å². The van der Waals surface area contributed by atoms with Crippen molar-refractivity contribution in [2.45, 2.75) is 83.5 Å². The van der Waals surface area contributed by atoms with E-state index in [1.165, 1.54) is 6.92 Å². The molecule has 10 N–H and O–H groups in total. The number of nitrogens with two attached hydrogens (primary N) is 3. The molecule has 0 aliphatic rings. The van der Waals surface area contributed by atoms with Crippen LogP contribution < -0.4 is 33.2 Å². The van der Waals surface area contributed by atoms with Crippen LogP contribution in [-0.4, -0.2) is 65.4 Å². The van der Waals surface area contributed by atoms with Gasteiger partial charge in [0.1, 0.15) is 18.1 Å². The van der Waals surface area contributed by atoms with E-state index in [0.29, 0.717) is 19.4 Å². The van der Waals surface area contributed by atoms with E-state index in [9.17, 15) is 29.1 Å². The molecule has 0 rings (SSSR count). The lowest BCUT2D eigenvalue weighted by molar-refractivity contribution is -0.142. The van der Waals surface area contributed by atoms with Crippen LogP contribution in [0.3, 0.4) is 0 Å². The SMILES string of the molecule is CC(C)CC(NC(=O)C(N)CCC(N)=O)C(=O)NC(C)C(=O)NC(CCCCN)C(=O)O. The van der Waals surface area contributed by atoms with Gasteiger partial charge in [0, 0.05) is 6.42 Å². The van der Waals surface area contributed by atoms with Gasteiger partial charge in [0.25, 0.3) is 0 Å². The van der Waals surface area contributed by atoms with Gasteiger partial charge in [-0.3, -0.25) is 19.2 Å². The highest BCUT2D eigenvalue weighted by Crippen LogP contribution is 2.07. The van der Waals surface area contributed by atoms with Crippen LogP contribution in [-0.2, 0) is 24.0 Å². The Morgan fingerprint density at radius 2 is 1.44 bits per heavy atom. The molecular weight excluding hydrogens is 420 g/mol. The molecule has 12 heteroatoms. The number of carbonyl (C=O) groups excluding carboxylic acids is 4. The highest BCUT2D eigenvalue weighted by atomic mass is 16.4. The molecule has 0 aromatic heterocycles. The number of rotatable bonds is 16. The van der Waals surface area contributed by atoms with Crippen LogP contribution in [0.4, 0.5) is 0 Å². The third kappa shape index (κ3) is 12.2. The number of unbranched alkanes of at least 4 members (excludes halogenated alkanes) is 1. The molecule has 12 nitrogen and oxygen atoms in total. The fourth-order valence-corrected chi connectivity index (χ4v) is 2.84. The minimum atomic E-state index is -1.18. The van der Waals surface area contributed by atoms with Gasteiger partial charge >= 0.3 is 5.97 Å². The zero-order valence-corrected chi connectivity index (χ0v) is 19.1. The van der Waals surface area contributed by atoms with Crippen LogP contribution in [0, 0.1) is 5.92 Å². The predicted molar refractivity (Wildman–Crippen MR) is 118 cm³/mol. The maximum Gasteiger partial charge on any atom is 0.326 e. The Labute approximate surface area is 188 Å². The number of aliphatic carboxylic acids is 1. The first kappa shape index (κ1) is 29.3. The first-order chi connectivity index (χ1) is 14.9. The molecule has 0 aliphatic heterocycles. The van der Waals surface area contributed by atoms with Crippen molar-refractivity contribution in [2.24, 2.45) is 23.1 Å². The predicted octanol–water partition coefficient (Wildman–Crippen LogP) is -1.69. The second-order valence-corrected chi connectivity index (χ2v) is 8.22. The van der Waals surface area contributed by atoms with E-state index in [4.69, 9.17) is 17.2 Å². The van der Waals surface area contributed by atoms with Crippen molar-refractivity contribution in [1.29, 1.82) is 0 Å². The van der Waals surface area contributed by atoms with Crippen molar-refractivity contribution in [1.82, 2.24) is 16.0 Å². The lowest BCUT2D eigenvalue weighted by Gasteiger charge is -2.24. The van der Waals surface area contributed by atoms with Crippen molar-refractivity contribution in [3.63, 3.8) is 0 Å². The number of carboxylic acids is 1. The average Bonchev–Trinajstić information content (AvgIpc) is 2.69. The summed E-state index contributed by atoms with van der Waals surface area (Å²) in [6.45, 7) is 5.55. The highest BCUT2D eigenvalue weighted by Gasteiger charge is 2.28. The number of nitrogens with one attached hydrogen (secondary N) is 3. The molecule has 4 amide bonds. The Morgan fingerprint density at radius 1 is 0.844 bits per heavy atom. The minimum absolute atomic E-state index is 0.0379. The zero-order valence-electron chi connectivity index (χ0n) is 19.1. The van der Waals surface area contributed by atoms with Crippen molar-refractivity contribution in [3.05, 3.63) is 0 Å². The number of hydrogen-bond donors (Lipinski definition) is 7. The first-order valence-corrected chi connectivity index (χ1v) is 10.8.